The second-order valence-electron chi connectivity index (χ2n) is 8.35. The van der Waals surface area contributed by atoms with E-state index in [2.05, 4.69) is 22.0 Å². The maximum atomic E-state index is 10.8. The van der Waals surface area contributed by atoms with E-state index in [4.69, 9.17) is 0 Å². The minimum atomic E-state index is 0.393. The first-order chi connectivity index (χ1) is 12.3. The van der Waals surface area contributed by atoms with Gasteiger partial charge in [0.05, 0.1) is 0 Å². The molecule has 1 aromatic carbocycles. The molecule has 3 nitrogen and oxygen atoms in total. The summed E-state index contributed by atoms with van der Waals surface area (Å²) in [6.45, 7) is 0.890. The van der Waals surface area contributed by atoms with Crippen LogP contribution in [0, 0.1) is 11.8 Å². The average Bonchev–Trinajstić information content (AvgIpc) is 2.98. The Balaban J connectivity index is 1.49. The molecular formula is C22H28N2O. The van der Waals surface area contributed by atoms with Crippen molar-refractivity contribution in [1.29, 1.82) is 0 Å². The number of nitrogens with zero attached hydrogens (tertiary/aromatic N) is 2. The van der Waals surface area contributed by atoms with E-state index in [1.54, 1.807) is 6.20 Å². The van der Waals surface area contributed by atoms with Crippen molar-refractivity contribution in [2.45, 2.75) is 70.0 Å². The van der Waals surface area contributed by atoms with Crippen molar-refractivity contribution >= 4 is 10.9 Å². The predicted octanol–water partition coefficient (Wildman–Crippen LogP) is 4.87. The summed E-state index contributed by atoms with van der Waals surface area (Å²) in [5, 5.41) is 11.8. The standard InChI is InChI=1S/C22H28N2O/c25-22-16(12-11-15-6-5-13-23-21(15)22)14-24-19-9-3-1-7-17(19)18-8-2-4-10-20(18)24/h5-6,11-13,17-20,25H,1-4,7-10,14H2. The monoisotopic (exact) mass is 336 g/mol. The van der Waals surface area contributed by atoms with Crippen molar-refractivity contribution < 1.29 is 5.11 Å². The summed E-state index contributed by atoms with van der Waals surface area (Å²) in [5.74, 6) is 2.20. The molecule has 2 saturated carbocycles. The molecule has 1 N–H and O–H groups in total. The van der Waals surface area contributed by atoms with Crippen LogP contribution < -0.4 is 0 Å². The van der Waals surface area contributed by atoms with Crippen molar-refractivity contribution in [3.05, 3.63) is 36.0 Å². The highest BCUT2D eigenvalue weighted by molar-refractivity contribution is 5.85. The van der Waals surface area contributed by atoms with Gasteiger partial charge in [-0.3, -0.25) is 9.88 Å². The summed E-state index contributed by atoms with van der Waals surface area (Å²) in [4.78, 5) is 7.19. The number of aromatic nitrogens is 1. The van der Waals surface area contributed by atoms with Gasteiger partial charge in [0.1, 0.15) is 11.3 Å². The number of aromatic hydroxyl groups is 1. The van der Waals surface area contributed by atoms with Gasteiger partial charge in [-0.1, -0.05) is 43.9 Å². The number of benzene rings is 1. The van der Waals surface area contributed by atoms with Crippen LogP contribution in [0.2, 0.25) is 0 Å². The summed E-state index contributed by atoms with van der Waals surface area (Å²) in [6, 6.07) is 9.66. The molecule has 0 radical (unpaired) electrons. The zero-order chi connectivity index (χ0) is 16.8. The quantitative estimate of drug-likeness (QED) is 0.849. The average molecular weight is 336 g/mol. The first-order valence-corrected chi connectivity index (χ1v) is 10.1. The summed E-state index contributed by atoms with van der Waals surface area (Å²) in [5.41, 5.74) is 1.81. The topological polar surface area (TPSA) is 36.4 Å². The molecule has 4 atom stereocenters. The van der Waals surface area contributed by atoms with Crippen LogP contribution in [0.3, 0.4) is 0 Å². The fourth-order valence-electron chi connectivity index (χ4n) is 6.08. The van der Waals surface area contributed by atoms with Crippen molar-refractivity contribution in [3.63, 3.8) is 0 Å². The molecule has 1 saturated heterocycles. The van der Waals surface area contributed by atoms with E-state index in [9.17, 15) is 5.11 Å². The number of pyridine rings is 1. The summed E-state index contributed by atoms with van der Waals surface area (Å²) in [7, 11) is 0. The third kappa shape index (κ3) is 2.55. The smallest absolute Gasteiger partial charge is 0.146 e. The second kappa shape index (κ2) is 6.28. The Morgan fingerprint density at radius 2 is 1.60 bits per heavy atom. The molecule has 3 heteroatoms. The molecule has 0 bridgehead atoms. The van der Waals surface area contributed by atoms with Crippen molar-refractivity contribution in [2.24, 2.45) is 11.8 Å². The fourth-order valence-corrected chi connectivity index (χ4v) is 6.08. The molecule has 0 amide bonds. The number of hydrogen-bond donors (Lipinski definition) is 1. The molecule has 4 unspecified atom stereocenters. The minimum Gasteiger partial charge on any atom is -0.505 e. The summed E-state index contributed by atoms with van der Waals surface area (Å²) < 4.78 is 0. The van der Waals surface area contributed by atoms with Gasteiger partial charge in [-0.05, 0) is 43.6 Å². The van der Waals surface area contributed by atoms with Crippen LogP contribution in [0.25, 0.3) is 10.9 Å². The lowest BCUT2D eigenvalue weighted by atomic mass is 9.73. The van der Waals surface area contributed by atoms with Crippen LogP contribution in [-0.4, -0.2) is 27.1 Å². The third-order valence-electron chi connectivity index (χ3n) is 7.15. The van der Waals surface area contributed by atoms with Gasteiger partial charge in [0, 0.05) is 35.8 Å². The van der Waals surface area contributed by atoms with E-state index < -0.39 is 0 Å². The number of hydrogen-bond acceptors (Lipinski definition) is 3. The van der Waals surface area contributed by atoms with E-state index in [-0.39, 0.29) is 0 Å². The van der Waals surface area contributed by atoms with Crippen molar-refractivity contribution in [1.82, 2.24) is 9.88 Å². The lowest BCUT2D eigenvalue weighted by Crippen LogP contribution is -2.39. The van der Waals surface area contributed by atoms with Gasteiger partial charge in [0.15, 0.2) is 0 Å². The second-order valence-corrected chi connectivity index (χ2v) is 8.35. The van der Waals surface area contributed by atoms with Crippen LogP contribution in [0.5, 0.6) is 5.75 Å². The molecule has 5 rings (SSSR count). The van der Waals surface area contributed by atoms with Crippen LogP contribution in [0.4, 0.5) is 0 Å². The number of phenolic OH excluding ortho intramolecular Hbond substituents is 1. The molecule has 25 heavy (non-hydrogen) atoms. The first kappa shape index (κ1) is 15.6. The van der Waals surface area contributed by atoms with E-state index in [1.165, 1.54) is 51.4 Å². The zero-order valence-electron chi connectivity index (χ0n) is 14.9. The normalized spacial score (nSPS) is 32.5. The van der Waals surface area contributed by atoms with E-state index in [0.717, 1.165) is 46.9 Å². The molecule has 2 heterocycles. The summed E-state index contributed by atoms with van der Waals surface area (Å²) >= 11 is 0. The molecular weight excluding hydrogens is 308 g/mol. The van der Waals surface area contributed by atoms with Gasteiger partial charge in [-0.2, -0.15) is 0 Å². The highest BCUT2D eigenvalue weighted by Gasteiger charge is 2.49. The van der Waals surface area contributed by atoms with Gasteiger partial charge in [0.2, 0.25) is 0 Å². The maximum absolute atomic E-state index is 10.8. The molecule has 2 aromatic rings. The lowest BCUT2D eigenvalue weighted by Gasteiger charge is -2.34. The Morgan fingerprint density at radius 3 is 2.32 bits per heavy atom. The van der Waals surface area contributed by atoms with Crippen LogP contribution in [-0.2, 0) is 6.54 Å². The highest BCUT2D eigenvalue weighted by atomic mass is 16.3. The molecule has 132 valence electrons. The predicted molar refractivity (Wildman–Crippen MR) is 100 cm³/mol. The molecule has 3 fully saturated rings. The van der Waals surface area contributed by atoms with Gasteiger partial charge in [-0.15, -0.1) is 0 Å². The Hall–Kier alpha value is -1.61. The Labute approximate surface area is 150 Å². The summed E-state index contributed by atoms with van der Waals surface area (Å²) in [6.07, 6.45) is 12.9. The fraction of sp³-hybridized carbons (Fsp3) is 0.591. The number of rotatable bonds is 2. The van der Waals surface area contributed by atoms with Crippen LogP contribution in [0.15, 0.2) is 30.5 Å². The van der Waals surface area contributed by atoms with Crippen LogP contribution in [0.1, 0.15) is 56.9 Å². The van der Waals surface area contributed by atoms with E-state index in [1.807, 2.05) is 12.1 Å². The Kier molecular flexibility index (Phi) is 3.93. The largest absolute Gasteiger partial charge is 0.505 e. The SMILES string of the molecule is Oc1c(CN2C3CCCCC3C3CCCCC32)ccc2cccnc12. The molecule has 3 aliphatic rings. The first-order valence-electron chi connectivity index (χ1n) is 10.1. The highest BCUT2D eigenvalue weighted by Crippen LogP contribution is 2.50. The van der Waals surface area contributed by atoms with Crippen molar-refractivity contribution in [2.75, 3.05) is 0 Å². The van der Waals surface area contributed by atoms with E-state index >= 15 is 0 Å². The maximum Gasteiger partial charge on any atom is 0.146 e. The zero-order valence-corrected chi connectivity index (χ0v) is 14.9. The van der Waals surface area contributed by atoms with Gasteiger partial charge in [0.25, 0.3) is 0 Å². The Morgan fingerprint density at radius 1 is 0.920 bits per heavy atom. The minimum absolute atomic E-state index is 0.393. The Bertz CT molecular complexity index is 752. The van der Waals surface area contributed by atoms with Gasteiger partial charge < -0.3 is 5.11 Å². The number of phenols is 1. The van der Waals surface area contributed by atoms with Gasteiger partial charge in [-0.25, -0.2) is 0 Å². The number of likely N-dealkylation sites (tertiary alicyclic amines) is 1. The van der Waals surface area contributed by atoms with Gasteiger partial charge >= 0.3 is 0 Å². The van der Waals surface area contributed by atoms with Crippen molar-refractivity contribution in [3.8, 4) is 5.75 Å². The molecule has 0 spiro atoms. The number of fused-ring (bicyclic) bond motifs is 4. The van der Waals surface area contributed by atoms with E-state index in [0.29, 0.717) is 5.75 Å². The molecule has 1 aliphatic heterocycles. The molecule has 2 aliphatic carbocycles. The lowest BCUT2D eigenvalue weighted by molar-refractivity contribution is 0.129. The third-order valence-corrected chi connectivity index (χ3v) is 7.15. The molecule has 1 aromatic heterocycles. The van der Waals surface area contributed by atoms with Crippen LogP contribution >= 0.6 is 0 Å².